The number of allylic oxidation sites excluding steroid dienone is 1. The highest BCUT2D eigenvalue weighted by Crippen LogP contribution is 2.39. The van der Waals surface area contributed by atoms with Gasteiger partial charge < -0.3 is 14.7 Å². The number of carbonyl (C=O) groups excluding carboxylic acids is 1. The van der Waals surface area contributed by atoms with E-state index in [1.807, 2.05) is 17.9 Å². The Labute approximate surface area is 259 Å². The van der Waals surface area contributed by atoms with Crippen LogP contribution in [-0.2, 0) is 11.0 Å². The van der Waals surface area contributed by atoms with E-state index in [0.29, 0.717) is 41.4 Å². The molecule has 1 saturated carbocycles. The minimum atomic E-state index is -4.93. The number of benzene rings is 1. The Morgan fingerprint density at radius 1 is 1.07 bits per heavy atom. The number of halogens is 3. The summed E-state index contributed by atoms with van der Waals surface area (Å²) in [6.45, 7) is 6.08. The summed E-state index contributed by atoms with van der Waals surface area (Å²) in [4.78, 5) is 30.5. The fraction of sp³-hybridized carbons (Fsp3) is 0.471. The van der Waals surface area contributed by atoms with Gasteiger partial charge >= 0.3 is 12.1 Å². The maximum Gasteiger partial charge on any atom is 0.434 e. The summed E-state index contributed by atoms with van der Waals surface area (Å²) in [5, 5.41) is 13.0. The number of likely N-dealkylation sites (tertiary alicyclic amines) is 1. The van der Waals surface area contributed by atoms with Crippen LogP contribution >= 0.6 is 0 Å². The normalized spacial score (nSPS) is 19.6. The number of aromatic carboxylic acids is 1. The molecule has 3 aromatic rings. The summed E-state index contributed by atoms with van der Waals surface area (Å²) in [5.41, 5.74) is 2.49. The fourth-order valence-electron chi connectivity index (χ4n) is 6.67. The second-order valence-electron chi connectivity index (χ2n) is 12.5. The number of carboxylic acid groups (broad SMARTS) is 1. The van der Waals surface area contributed by atoms with Crippen molar-refractivity contribution in [3.05, 3.63) is 76.2 Å². The molecule has 8 nitrogen and oxygen atoms in total. The van der Waals surface area contributed by atoms with Crippen molar-refractivity contribution < 1.29 is 32.6 Å². The van der Waals surface area contributed by atoms with Crippen LogP contribution in [0.25, 0.3) is 11.4 Å². The molecule has 45 heavy (non-hydrogen) atoms. The van der Waals surface area contributed by atoms with Crippen molar-refractivity contribution >= 4 is 17.4 Å². The summed E-state index contributed by atoms with van der Waals surface area (Å²) in [5.74, 6) is 0.143. The van der Waals surface area contributed by atoms with Crippen molar-refractivity contribution in [3.63, 3.8) is 0 Å². The van der Waals surface area contributed by atoms with E-state index in [9.17, 15) is 27.9 Å². The first-order valence-corrected chi connectivity index (χ1v) is 15.6. The predicted molar refractivity (Wildman–Crippen MR) is 161 cm³/mol. The monoisotopic (exact) mass is 622 g/mol. The van der Waals surface area contributed by atoms with Gasteiger partial charge in [0.2, 0.25) is 5.91 Å². The van der Waals surface area contributed by atoms with E-state index >= 15 is 0 Å². The quantitative estimate of drug-likeness (QED) is 0.289. The molecule has 1 aliphatic heterocycles. The number of carboxylic acids is 1. The number of hydrogen-bond donors (Lipinski definition) is 1. The average molecular weight is 623 g/mol. The lowest BCUT2D eigenvalue weighted by atomic mass is 9.82. The van der Waals surface area contributed by atoms with Gasteiger partial charge in [0.05, 0.1) is 11.9 Å². The Bertz CT molecular complexity index is 1630. The van der Waals surface area contributed by atoms with Crippen molar-refractivity contribution in [3.8, 4) is 11.6 Å². The Morgan fingerprint density at radius 2 is 1.82 bits per heavy atom. The van der Waals surface area contributed by atoms with E-state index in [2.05, 4.69) is 29.1 Å². The van der Waals surface area contributed by atoms with Crippen molar-refractivity contribution in [2.45, 2.75) is 70.9 Å². The van der Waals surface area contributed by atoms with Crippen LogP contribution in [0.1, 0.15) is 90.7 Å². The molecular formula is C34H37F3N4O4. The molecular weight excluding hydrogens is 585 g/mol. The van der Waals surface area contributed by atoms with Crippen LogP contribution in [0.5, 0.6) is 5.75 Å². The summed E-state index contributed by atoms with van der Waals surface area (Å²) in [6.07, 6.45) is 2.31. The molecule has 2 aromatic heterocycles. The number of pyridine rings is 1. The smallest absolute Gasteiger partial charge is 0.434 e. The van der Waals surface area contributed by atoms with Gasteiger partial charge in [-0.05, 0) is 104 Å². The first-order valence-electron chi connectivity index (χ1n) is 15.6. The van der Waals surface area contributed by atoms with Crippen LogP contribution in [-0.4, -0.2) is 56.3 Å². The van der Waals surface area contributed by atoms with Gasteiger partial charge in [-0.1, -0.05) is 25.1 Å². The summed E-state index contributed by atoms with van der Waals surface area (Å²) in [7, 11) is 0. The van der Waals surface area contributed by atoms with E-state index in [4.69, 9.17) is 4.74 Å². The third-order valence-corrected chi connectivity index (χ3v) is 9.36. The maximum atomic E-state index is 13.9. The largest absolute Gasteiger partial charge is 0.489 e. The Kier molecular flexibility index (Phi) is 8.45. The minimum Gasteiger partial charge on any atom is -0.489 e. The highest BCUT2D eigenvalue weighted by atomic mass is 19.4. The molecule has 1 atom stereocenters. The van der Waals surface area contributed by atoms with E-state index in [1.54, 1.807) is 12.1 Å². The predicted octanol–water partition coefficient (Wildman–Crippen LogP) is 7.06. The zero-order chi connectivity index (χ0) is 31.9. The Balaban J connectivity index is 1.20. The van der Waals surface area contributed by atoms with Crippen molar-refractivity contribution in [1.29, 1.82) is 0 Å². The first kappa shape index (κ1) is 30.9. The van der Waals surface area contributed by atoms with Gasteiger partial charge in [0.15, 0.2) is 11.5 Å². The molecule has 0 bridgehead atoms. The number of hydrogen-bond acceptors (Lipinski definition) is 5. The molecule has 2 aliphatic carbocycles. The number of aryl methyl sites for hydroxylation is 1. The second kappa shape index (κ2) is 12.3. The Morgan fingerprint density at radius 3 is 2.49 bits per heavy atom. The molecule has 0 spiro atoms. The number of aromatic nitrogens is 3. The molecule has 1 amide bonds. The molecule has 1 saturated heterocycles. The van der Waals surface area contributed by atoms with Gasteiger partial charge in [-0.3, -0.25) is 4.79 Å². The van der Waals surface area contributed by atoms with Gasteiger partial charge in [0.1, 0.15) is 17.9 Å². The number of nitrogens with zero attached hydrogens (tertiary/aromatic N) is 4. The average Bonchev–Trinajstić information content (AvgIpc) is 3.76. The van der Waals surface area contributed by atoms with Crippen LogP contribution in [0, 0.1) is 18.8 Å². The van der Waals surface area contributed by atoms with Crippen LogP contribution < -0.4 is 4.74 Å². The fourth-order valence-corrected chi connectivity index (χ4v) is 6.67. The summed E-state index contributed by atoms with van der Waals surface area (Å²) >= 11 is 0. The zero-order valence-corrected chi connectivity index (χ0v) is 25.4. The molecule has 1 aromatic carbocycles. The van der Waals surface area contributed by atoms with Crippen molar-refractivity contribution in [2.75, 3.05) is 19.7 Å². The van der Waals surface area contributed by atoms with Gasteiger partial charge in [-0.25, -0.2) is 14.5 Å². The summed E-state index contributed by atoms with van der Waals surface area (Å²) in [6, 6.07) is 11.1. The van der Waals surface area contributed by atoms with Crippen molar-refractivity contribution in [2.24, 2.45) is 11.8 Å². The number of ether oxygens (including phenoxy) is 1. The van der Waals surface area contributed by atoms with Crippen LogP contribution in [0.15, 0.2) is 48.2 Å². The molecule has 238 valence electrons. The SMILES string of the molecule is Cc1cc(C2CCN(C(=O)C3CC3)CC2)ccc1OCC1=C(c2cccc(-n3ncc(C(=O)O)c3C(F)(F)F)n2)CCCC1C. The van der Waals surface area contributed by atoms with E-state index in [-0.39, 0.29) is 17.7 Å². The summed E-state index contributed by atoms with van der Waals surface area (Å²) < 4.78 is 48.5. The first-order chi connectivity index (χ1) is 21.5. The molecule has 3 aliphatic rings. The van der Waals surface area contributed by atoms with Crippen LogP contribution in [0.3, 0.4) is 0 Å². The van der Waals surface area contributed by atoms with Gasteiger partial charge in [-0.15, -0.1) is 0 Å². The zero-order valence-electron chi connectivity index (χ0n) is 25.4. The van der Waals surface area contributed by atoms with Crippen LogP contribution in [0.4, 0.5) is 13.2 Å². The topological polar surface area (TPSA) is 97.6 Å². The molecule has 6 rings (SSSR count). The molecule has 1 unspecified atom stereocenters. The highest BCUT2D eigenvalue weighted by Gasteiger charge is 2.41. The van der Waals surface area contributed by atoms with Crippen molar-refractivity contribution in [1.82, 2.24) is 19.7 Å². The highest BCUT2D eigenvalue weighted by molar-refractivity contribution is 5.89. The maximum absolute atomic E-state index is 13.9. The van der Waals surface area contributed by atoms with Gasteiger partial charge in [0, 0.05) is 19.0 Å². The standard InChI is InChI=1S/C34H37F3N4O4/c1-20-5-3-6-25(28-7-4-8-30(39-28)41-31(34(35,36)37)26(18-38-41)33(43)44)27(20)19-45-29-12-11-24(17-21(29)2)22-13-15-40(16-14-22)32(42)23-9-10-23/h4,7-8,11-12,17-18,20,22-23H,3,5-6,9-10,13-16,19H2,1-2H3,(H,43,44). The van der Waals surface area contributed by atoms with E-state index < -0.39 is 23.4 Å². The molecule has 11 heteroatoms. The number of carbonyl (C=O) groups is 2. The third kappa shape index (κ3) is 6.48. The minimum absolute atomic E-state index is 0.104. The molecule has 0 radical (unpaired) electrons. The lowest BCUT2D eigenvalue weighted by Crippen LogP contribution is -2.38. The number of piperidine rings is 1. The lowest BCUT2D eigenvalue weighted by molar-refractivity contribution is -0.143. The number of amides is 1. The van der Waals surface area contributed by atoms with Crippen LogP contribution in [0.2, 0.25) is 0 Å². The second-order valence-corrected chi connectivity index (χ2v) is 12.5. The third-order valence-electron chi connectivity index (χ3n) is 9.36. The van der Waals surface area contributed by atoms with Gasteiger partial charge in [0.25, 0.3) is 0 Å². The number of alkyl halides is 3. The van der Waals surface area contributed by atoms with E-state index in [1.165, 1.54) is 11.6 Å². The van der Waals surface area contributed by atoms with E-state index in [0.717, 1.165) is 74.1 Å². The number of rotatable bonds is 8. The Hall–Kier alpha value is -4.15. The lowest BCUT2D eigenvalue weighted by Gasteiger charge is -2.32. The molecule has 1 N–H and O–H groups in total. The molecule has 2 fully saturated rings. The molecule has 3 heterocycles. The van der Waals surface area contributed by atoms with Gasteiger partial charge in [-0.2, -0.15) is 18.3 Å².